The van der Waals surface area contributed by atoms with E-state index >= 15 is 0 Å². The average Bonchev–Trinajstić information content (AvgIpc) is 3.24. The van der Waals surface area contributed by atoms with Crippen LogP contribution in [0, 0.1) is 0 Å². The van der Waals surface area contributed by atoms with Crippen LogP contribution < -0.4 is 5.32 Å². The molecule has 0 saturated heterocycles. The lowest BCUT2D eigenvalue weighted by molar-refractivity contribution is 0.313. The molecule has 0 unspecified atom stereocenters. The molecule has 3 aromatic heterocycles. The third kappa shape index (κ3) is 4.17. The Kier molecular flexibility index (Phi) is 5.57. The minimum Gasteiger partial charge on any atom is -0.411 e. The molecule has 1 fully saturated rings. The Morgan fingerprint density at radius 1 is 1.18 bits per heavy atom. The highest BCUT2D eigenvalue weighted by atomic mass is 32.1. The Morgan fingerprint density at radius 2 is 2.04 bits per heavy atom. The summed E-state index contributed by atoms with van der Waals surface area (Å²) in [5, 5.41) is 16.5. The van der Waals surface area contributed by atoms with Crippen molar-refractivity contribution in [2.75, 3.05) is 5.32 Å². The van der Waals surface area contributed by atoms with E-state index in [1.54, 1.807) is 29.7 Å². The van der Waals surface area contributed by atoms with Gasteiger partial charge in [-0.05, 0) is 55.5 Å². The predicted octanol–water partition coefficient (Wildman–Crippen LogP) is 5.30. The highest BCUT2D eigenvalue weighted by Crippen LogP contribution is 2.36. The number of aromatic nitrogens is 3. The molecule has 0 bridgehead atoms. The van der Waals surface area contributed by atoms with Crippen LogP contribution in [0.25, 0.3) is 10.6 Å². The number of rotatable bonds is 5. The molecular formula is C20H20FN5OS. The van der Waals surface area contributed by atoms with Crippen molar-refractivity contribution >= 4 is 28.7 Å². The second kappa shape index (κ2) is 8.43. The average molecular weight is 397 g/mol. The van der Waals surface area contributed by atoms with Crippen molar-refractivity contribution < 1.29 is 9.60 Å². The third-order valence-electron chi connectivity index (χ3n) is 4.81. The van der Waals surface area contributed by atoms with Crippen molar-refractivity contribution in [3.63, 3.8) is 0 Å². The quantitative estimate of drug-likeness (QED) is 0.451. The number of thiazole rings is 1. The van der Waals surface area contributed by atoms with E-state index in [1.807, 2.05) is 24.4 Å². The zero-order chi connectivity index (χ0) is 19.3. The molecule has 0 atom stereocenters. The largest absolute Gasteiger partial charge is 0.411 e. The molecule has 28 heavy (non-hydrogen) atoms. The normalized spacial score (nSPS) is 16.8. The Hall–Kier alpha value is -2.87. The number of pyridine rings is 2. The van der Waals surface area contributed by atoms with E-state index in [-0.39, 0.29) is 0 Å². The number of anilines is 2. The summed E-state index contributed by atoms with van der Waals surface area (Å²) in [6.45, 7) is -0.527. The van der Waals surface area contributed by atoms with Gasteiger partial charge in [-0.1, -0.05) is 11.2 Å². The van der Waals surface area contributed by atoms with Crippen molar-refractivity contribution in [2.24, 2.45) is 5.16 Å². The fourth-order valence-electron chi connectivity index (χ4n) is 3.29. The van der Waals surface area contributed by atoms with Gasteiger partial charge in [0.25, 0.3) is 0 Å². The summed E-state index contributed by atoms with van der Waals surface area (Å²) in [6.07, 6.45) is 6.99. The minimum atomic E-state index is -0.527. The molecule has 0 spiro atoms. The van der Waals surface area contributed by atoms with Crippen molar-refractivity contribution in [3.05, 3.63) is 53.3 Å². The van der Waals surface area contributed by atoms with Crippen molar-refractivity contribution in [3.8, 4) is 10.6 Å². The van der Waals surface area contributed by atoms with Crippen LogP contribution in [0.15, 0.2) is 47.9 Å². The number of alkyl halides is 1. The number of hydrogen-bond acceptors (Lipinski definition) is 7. The van der Waals surface area contributed by atoms with E-state index in [2.05, 4.69) is 25.4 Å². The predicted molar refractivity (Wildman–Crippen MR) is 108 cm³/mol. The fourth-order valence-corrected chi connectivity index (χ4v) is 4.35. The first-order valence-electron chi connectivity index (χ1n) is 9.16. The summed E-state index contributed by atoms with van der Waals surface area (Å²) < 4.78 is 12.8. The van der Waals surface area contributed by atoms with Gasteiger partial charge in [0.05, 0.1) is 21.3 Å². The van der Waals surface area contributed by atoms with Crippen LogP contribution in [0.4, 0.5) is 16.0 Å². The van der Waals surface area contributed by atoms with Crippen LogP contribution in [-0.4, -0.2) is 25.9 Å². The molecule has 144 valence electrons. The summed E-state index contributed by atoms with van der Waals surface area (Å²) >= 11 is 1.65. The highest BCUT2D eigenvalue weighted by molar-refractivity contribution is 7.15. The van der Waals surface area contributed by atoms with Gasteiger partial charge >= 0.3 is 0 Å². The van der Waals surface area contributed by atoms with Gasteiger partial charge in [-0.25, -0.2) is 19.3 Å². The molecule has 3 heterocycles. The molecule has 0 amide bonds. The number of oxime groups is 1. The zero-order valence-corrected chi connectivity index (χ0v) is 16.0. The zero-order valence-electron chi connectivity index (χ0n) is 15.2. The van der Waals surface area contributed by atoms with E-state index in [1.165, 1.54) is 0 Å². The second-order valence-corrected chi connectivity index (χ2v) is 7.78. The highest BCUT2D eigenvalue weighted by Gasteiger charge is 2.22. The van der Waals surface area contributed by atoms with Gasteiger partial charge in [-0.3, -0.25) is 0 Å². The van der Waals surface area contributed by atoms with E-state index in [0.717, 1.165) is 47.0 Å². The molecule has 1 aliphatic carbocycles. The molecule has 1 aliphatic rings. The summed E-state index contributed by atoms with van der Waals surface area (Å²) in [5.41, 5.74) is 2.28. The van der Waals surface area contributed by atoms with Crippen LogP contribution in [0.3, 0.4) is 0 Å². The molecule has 0 radical (unpaired) electrons. The fraction of sp³-hybridized carbons (Fsp3) is 0.300. The molecule has 3 aromatic rings. The standard InChI is InChI=1S/C20H20FN5OS/c21-11-13-8-9-22-19(10-13)25-18-3-1-2-16(24-18)17-12-23-20(28-17)14-4-6-15(26-27)7-5-14/h1-3,8-10,12,14,27H,4-7,11H2,(H,22,24,25). The number of nitrogens with one attached hydrogen (secondary N) is 1. The third-order valence-corrected chi connectivity index (χ3v) is 6.00. The maximum Gasteiger partial charge on any atom is 0.132 e. The molecule has 2 N–H and O–H groups in total. The van der Waals surface area contributed by atoms with Crippen molar-refractivity contribution in [1.29, 1.82) is 0 Å². The monoisotopic (exact) mass is 397 g/mol. The van der Waals surface area contributed by atoms with E-state index in [0.29, 0.717) is 23.1 Å². The number of halogens is 1. The summed E-state index contributed by atoms with van der Waals surface area (Å²) in [4.78, 5) is 14.5. The Labute approximate surface area is 166 Å². The lowest BCUT2D eigenvalue weighted by Gasteiger charge is -2.19. The van der Waals surface area contributed by atoms with Crippen LogP contribution in [-0.2, 0) is 6.67 Å². The molecule has 0 aromatic carbocycles. The van der Waals surface area contributed by atoms with Crippen LogP contribution >= 0.6 is 11.3 Å². The first-order valence-corrected chi connectivity index (χ1v) is 9.97. The first-order chi connectivity index (χ1) is 13.7. The molecular weight excluding hydrogens is 377 g/mol. The second-order valence-electron chi connectivity index (χ2n) is 6.72. The smallest absolute Gasteiger partial charge is 0.132 e. The van der Waals surface area contributed by atoms with Crippen LogP contribution in [0.1, 0.15) is 42.2 Å². The van der Waals surface area contributed by atoms with E-state index < -0.39 is 6.67 Å². The van der Waals surface area contributed by atoms with Gasteiger partial charge in [-0.2, -0.15) is 0 Å². The maximum absolute atomic E-state index is 12.8. The Balaban J connectivity index is 1.49. The molecule has 1 saturated carbocycles. The Morgan fingerprint density at radius 3 is 2.82 bits per heavy atom. The molecule has 0 aliphatic heterocycles. The lowest BCUT2D eigenvalue weighted by Crippen LogP contribution is -2.12. The van der Waals surface area contributed by atoms with Gasteiger partial charge in [0.15, 0.2) is 0 Å². The van der Waals surface area contributed by atoms with Crippen LogP contribution in [0.2, 0.25) is 0 Å². The van der Waals surface area contributed by atoms with Gasteiger partial charge < -0.3 is 10.5 Å². The minimum absolute atomic E-state index is 0.401. The molecule has 8 heteroatoms. The van der Waals surface area contributed by atoms with Gasteiger partial charge in [-0.15, -0.1) is 11.3 Å². The van der Waals surface area contributed by atoms with Gasteiger partial charge in [0.1, 0.15) is 18.3 Å². The Bertz CT molecular complexity index is 980. The first kappa shape index (κ1) is 18.5. The SMILES string of the molecule is ON=C1CCC(c2ncc(-c3cccc(Nc4cc(CF)ccn4)n3)s2)CC1. The van der Waals surface area contributed by atoms with E-state index in [4.69, 9.17) is 5.21 Å². The van der Waals surface area contributed by atoms with Gasteiger partial charge in [0.2, 0.25) is 0 Å². The van der Waals surface area contributed by atoms with Crippen molar-refractivity contribution in [1.82, 2.24) is 15.0 Å². The number of hydrogen-bond donors (Lipinski definition) is 2. The lowest BCUT2D eigenvalue weighted by atomic mass is 9.88. The van der Waals surface area contributed by atoms with Crippen molar-refractivity contribution in [2.45, 2.75) is 38.3 Å². The molecule has 4 rings (SSSR count). The topological polar surface area (TPSA) is 83.3 Å². The summed E-state index contributed by atoms with van der Waals surface area (Å²) in [7, 11) is 0. The maximum atomic E-state index is 12.8. The molecule has 6 nitrogen and oxygen atoms in total. The van der Waals surface area contributed by atoms with E-state index in [9.17, 15) is 4.39 Å². The summed E-state index contributed by atoms with van der Waals surface area (Å²) in [5.74, 6) is 1.61. The van der Waals surface area contributed by atoms with Gasteiger partial charge in [0, 0.05) is 18.3 Å². The summed E-state index contributed by atoms with van der Waals surface area (Å²) in [6, 6.07) is 9.05. The van der Waals surface area contributed by atoms with Crippen LogP contribution in [0.5, 0.6) is 0 Å². The number of nitrogens with zero attached hydrogens (tertiary/aromatic N) is 4.